The van der Waals surface area contributed by atoms with E-state index in [4.69, 9.17) is 4.74 Å². The predicted octanol–water partition coefficient (Wildman–Crippen LogP) is 2.69. The molecule has 0 saturated heterocycles. The van der Waals surface area contributed by atoms with Crippen LogP contribution in [-0.4, -0.2) is 42.8 Å². The molecule has 0 fully saturated rings. The van der Waals surface area contributed by atoms with Crippen LogP contribution in [0.15, 0.2) is 22.7 Å². The van der Waals surface area contributed by atoms with Crippen molar-refractivity contribution in [1.29, 1.82) is 0 Å². The van der Waals surface area contributed by atoms with Gasteiger partial charge in [-0.15, -0.1) is 0 Å². The lowest BCUT2D eigenvalue weighted by atomic mass is 10.3. The maximum absolute atomic E-state index is 12.0. The molecule has 0 aliphatic rings. The molecule has 1 unspecified atom stereocenters. The maximum atomic E-state index is 12.0. The standard InChI is InChI=1S/C13H19BrN2O3/c1-9(17)6-7-16(2)13(18)15-11-8-10(14)4-5-12(11)19-3/h4-5,8-9,17H,6-7H2,1-3H3,(H,15,18). The van der Waals surface area contributed by atoms with Gasteiger partial charge in [-0.05, 0) is 31.5 Å². The van der Waals surface area contributed by atoms with Crippen molar-refractivity contribution in [3.8, 4) is 5.75 Å². The second kappa shape index (κ2) is 7.35. The SMILES string of the molecule is COc1ccc(Br)cc1NC(=O)N(C)CCC(C)O. The number of hydrogen-bond donors (Lipinski definition) is 2. The monoisotopic (exact) mass is 330 g/mol. The Morgan fingerprint density at radius 1 is 1.58 bits per heavy atom. The summed E-state index contributed by atoms with van der Waals surface area (Å²) in [4.78, 5) is 13.5. The summed E-state index contributed by atoms with van der Waals surface area (Å²) in [5.74, 6) is 0.598. The molecular formula is C13H19BrN2O3. The van der Waals surface area contributed by atoms with Crippen LogP contribution in [-0.2, 0) is 0 Å². The van der Waals surface area contributed by atoms with E-state index in [1.54, 1.807) is 33.2 Å². The fourth-order valence-corrected chi connectivity index (χ4v) is 1.83. The average Bonchev–Trinajstić information content (AvgIpc) is 2.36. The molecule has 19 heavy (non-hydrogen) atoms. The van der Waals surface area contributed by atoms with Gasteiger partial charge in [-0.3, -0.25) is 0 Å². The van der Waals surface area contributed by atoms with Gasteiger partial charge in [-0.25, -0.2) is 4.79 Å². The third-order valence-corrected chi connectivity index (χ3v) is 3.13. The molecule has 2 amide bonds. The summed E-state index contributed by atoms with van der Waals surface area (Å²) in [5.41, 5.74) is 0.603. The normalized spacial score (nSPS) is 11.8. The molecule has 0 aromatic heterocycles. The van der Waals surface area contributed by atoms with E-state index in [9.17, 15) is 9.90 Å². The Balaban J connectivity index is 2.68. The Labute approximate surface area is 121 Å². The average molecular weight is 331 g/mol. The lowest BCUT2D eigenvalue weighted by Crippen LogP contribution is -2.33. The van der Waals surface area contributed by atoms with E-state index in [1.807, 2.05) is 6.07 Å². The number of nitrogens with zero attached hydrogens (tertiary/aromatic N) is 1. The van der Waals surface area contributed by atoms with Gasteiger partial charge in [-0.1, -0.05) is 15.9 Å². The second-order valence-corrected chi connectivity index (χ2v) is 5.25. The van der Waals surface area contributed by atoms with Gasteiger partial charge in [0.05, 0.1) is 18.9 Å². The van der Waals surface area contributed by atoms with E-state index >= 15 is 0 Å². The first kappa shape index (κ1) is 15.8. The number of anilines is 1. The minimum absolute atomic E-state index is 0.239. The third-order valence-electron chi connectivity index (χ3n) is 2.63. The molecule has 1 aromatic carbocycles. The summed E-state index contributed by atoms with van der Waals surface area (Å²) in [5, 5.41) is 12.0. The summed E-state index contributed by atoms with van der Waals surface area (Å²) in [6, 6.07) is 5.15. The van der Waals surface area contributed by atoms with Crippen molar-refractivity contribution in [1.82, 2.24) is 4.90 Å². The van der Waals surface area contributed by atoms with E-state index in [-0.39, 0.29) is 6.03 Å². The zero-order valence-electron chi connectivity index (χ0n) is 11.3. The van der Waals surface area contributed by atoms with E-state index in [0.717, 1.165) is 4.47 Å². The smallest absolute Gasteiger partial charge is 0.321 e. The Kier molecular flexibility index (Phi) is 6.11. The van der Waals surface area contributed by atoms with Gasteiger partial charge < -0.3 is 20.1 Å². The molecule has 0 saturated carbocycles. The highest BCUT2D eigenvalue weighted by molar-refractivity contribution is 9.10. The van der Waals surface area contributed by atoms with Gasteiger partial charge in [0.15, 0.2) is 0 Å². The number of benzene rings is 1. The summed E-state index contributed by atoms with van der Waals surface area (Å²) in [6.07, 6.45) is 0.121. The number of carbonyl (C=O) groups excluding carboxylic acids is 1. The van der Waals surface area contributed by atoms with Crippen LogP contribution in [0.25, 0.3) is 0 Å². The molecule has 0 aliphatic heterocycles. The molecule has 0 heterocycles. The summed E-state index contributed by atoms with van der Waals surface area (Å²) < 4.78 is 6.04. The first-order valence-electron chi connectivity index (χ1n) is 5.97. The van der Waals surface area contributed by atoms with Crippen molar-refractivity contribution in [2.45, 2.75) is 19.4 Å². The van der Waals surface area contributed by atoms with E-state index in [1.165, 1.54) is 4.90 Å². The van der Waals surface area contributed by atoms with Gasteiger partial charge >= 0.3 is 6.03 Å². The molecule has 1 atom stereocenters. The number of halogens is 1. The summed E-state index contributed by atoms with van der Waals surface area (Å²) >= 11 is 3.35. The van der Waals surface area contributed by atoms with Crippen molar-refractivity contribution in [3.05, 3.63) is 22.7 Å². The molecule has 2 N–H and O–H groups in total. The number of nitrogens with one attached hydrogen (secondary N) is 1. The summed E-state index contributed by atoms with van der Waals surface area (Å²) in [7, 11) is 3.23. The minimum Gasteiger partial charge on any atom is -0.495 e. The lowest BCUT2D eigenvalue weighted by molar-refractivity contribution is 0.167. The van der Waals surface area contributed by atoms with Gasteiger partial charge in [0.25, 0.3) is 0 Å². The number of methoxy groups -OCH3 is 1. The van der Waals surface area contributed by atoms with Crippen molar-refractivity contribution in [3.63, 3.8) is 0 Å². The van der Waals surface area contributed by atoms with Crippen molar-refractivity contribution in [2.75, 3.05) is 26.0 Å². The molecule has 1 aromatic rings. The van der Waals surface area contributed by atoms with Crippen molar-refractivity contribution >= 4 is 27.6 Å². The Bertz CT molecular complexity index is 438. The Morgan fingerprint density at radius 3 is 2.84 bits per heavy atom. The molecule has 5 nitrogen and oxygen atoms in total. The molecule has 1 rings (SSSR count). The van der Waals surface area contributed by atoms with Crippen LogP contribution in [0.3, 0.4) is 0 Å². The Hall–Kier alpha value is -1.27. The van der Waals surface area contributed by atoms with Gasteiger partial charge in [0, 0.05) is 18.1 Å². The minimum atomic E-state index is -0.421. The number of hydrogen-bond acceptors (Lipinski definition) is 3. The second-order valence-electron chi connectivity index (χ2n) is 4.33. The fourth-order valence-electron chi connectivity index (χ4n) is 1.47. The van der Waals surface area contributed by atoms with Gasteiger partial charge in [0.2, 0.25) is 0 Å². The first-order valence-corrected chi connectivity index (χ1v) is 6.77. The van der Waals surface area contributed by atoms with Crippen LogP contribution in [0, 0.1) is 0 Å². The van der Waals surface area contributed by atoms with E-state index in [2.05, 4.69) is 21.2 Å². The van der Waals surface area contributed by atoms with Gasteiger partial charge in [0.1, 0.15) is 5.75 Å². The summed E-state index contributed by atoms with van der Waals surface area (Å²) in [6.45, 7) is 2.18. The van der Waals surface area contributed by atoms with Crippen LogP contribution in [0.1, 0.15) is 13.3 Å². The number of carbonyl (C=O) groups is 1. The van der Waals surface area contributed by atoms with Crippen LogP contribution in [0.2, 0.25) is 0 Å². The number of ether oxygens (including phenoxy) is 1. The third kappa shape index (κ3) is 5.08. The molecule has 0 spiro atoms. The highest BCUT2D eigenvalue weighted by Crippen LogP contribution is 2.28. The Morgan fingerprint density at radius 2 is 2.26 bits per heavy atom. The number of aliphatic hydroxyl groups excluding tert-OH is 1. The van der Waals surface area contributed by atoms with Crippen LogP contribution >= 0.6 is 15.9 Å². The van der Waals surface area contributed by atoms with Crippen LogP contribution < -0.4 is 10.1 Å². The van der Waals surface area contributed by atoms with Crippen LogP contribution in [0.4, 0.5) is 10.5 Å². The van der Waals surface area contributed by atoms with Crippen molar-refractivity contribution < 1.29 is 14.6 Å². The lowest BCUT2D eigenvalue weighted by Gasteiger charge is -2.19. The zero-order valence-corrected chi connectivity index (χ0v) is 12.9. The highest BCUT2D eigenvalue weighted by Gasteiger charge is 2.12. The predicted molar refractivity (Wildman–Crippen MR) is 78.6 cm³/mol. The molecule has 6 heteroatoms. The van der Waals surface area contributed by atoms with Gasteiger partial charge in [-0.2, -0.15) is 0 Å². The largest absolute Gasteiger partial charge is 0.495 e. The molecule has 106 valence electrons. The van der Waals surface area contributed by atoms with Crippen LogP contribution in [0.5, 0.6) is 5.75 Å². The number of rotatable bonds is 5. The number of urea groups is 1. The topological polar surface area (TPSA) is 61.8 Å². The zero-order chi connectivity index (χ0) is 14.4. The first-order chi connectivity index (χ1) is 8.93. The van der Waals surface area contributed by atoms with Crippen molar-refractivity contribution in [2.24, 2.45) is 0 Å². The molecule has 0 aliphatic carbocycles. The molecule has 0 radical (unpaired) electrons. The molecular weight excluding hydrogens is 312 g/mol. The fraction of sp³-hybridized carbons (Fsp3) is 0.462. The number of amides is 2. The quantitative estimate of drug-likeness (QED) is 0.872. The van der Waals surface area contributed by atoms with E-state index in [0.29, 0.717) is 24.4 Å². The number of aliphatic hydroxyl groups is 1. The van der Waals surface area contributed by atoms with E-state index < -0.39 is 6.10 Å². The molecule has 0 bridgehead atoms. The maximum Gasteiger partial charge on any atom is 0.321 e. The highest BCUT2D eigenvalue weighted by atomic mass is 79.9.